The maximum Gasteiger partial charge on any atom is 0.123 e. The van der Waals surface area contributed by atoms with Crippen LogP contribution < -0.4 is 0 Å². The average Bonchev–Trinajstić information content (AvgIpc) is 2.45. The van der Waals surface area contributed by atoms with Gasteiger partial charge in [-0.1, -0.05) is 24.3 Å². The Hall–Kier alpha value is -1.45. The summed E-state index contributed by atoms with van der Waals surface area (Å²) in [6.45, 7) is 0.460. The number of hydrogen-bond acceptors (Lipinski definition) is 1. The smallest absolute Gasteiger partial charge is 0.123 e. The summed E-state index contributed by atoms with van der Waals surface area (Å²) >= 11 is 5.63. The third-order valence-electron chi connectivity index (χ3n) is 2.89. The molecule has 0 saturated heterocycles. The van der Waals surface area contributed by atoms with Crippen LogP contribution in [0.1, 0.15) is 23.7 Å². The molecule has 2 aromatic rings. The van der Waals surface area contributed by atoms with Gasteiger partial charge in [-0.2, -0.15) is 0 Å². The van der Waals surface area contributed by atoms with Crippen molar-refractivity contribution in [2.75, 3.05) is 12.5 Å². The van der Waals surface area contributed by atoms with Crippen LogP contribution in [0.4, 0.5) is 8.78 Å². The van der Waals surface area contributed by atoms with Crippen LogP contribution >= 0.6 is 11.6 Å². The van der Waals surface area contributed by atoms with E-state index < -0.39 is 6.10 Å². The van der Waals surface area contributed by atoms with Crippen LogP contribution in [0.3, 0.4) is 0 Å². The summed E-state index contributed by atoms with van der Waals surface area (Å²) in [6.07, 6.45) is 0.281. The Balaban J connectivity index is 2.26. The summed E-state index contributed by atoms with van der Waals surface area (Å²) < 4.78 is 32.1. The molecule has 1 nitrogen and oxygen atoms in total. The lowest BCUT2D eigenvalue weighted by Gasteiger charge is -2.19. The number of hydrogen-bond donors (Lipinski definition) is 0. The molecule has 0 amide bonds. The standard InChI is InChI=1S/C16H15ClF2O/c17-9-2-10-20-16(12-5-7-14(18)8-6-12)13-3-1-4-15(19)11-13/h1,3-8,11,16H,2,9-10H2. The van der Waals surface area contributed by atoms with Gasteiger partial charge in [0.25, 0.3) is 0 Å². The van der Waals surface area contributed by atoms with Crippen molar-refractivity contribution in [3.8, 4) is 0 Å². The fourth-order valence-electron chi connectivity index (χ4n) is 1.95. The van der Waals surface area contributed by atoms with E-state index in [1.165, 1.54) is 24.3 Å². The predicted octanol–water partition coefficient (Wildman–Crippen LogP) is 4.70. The second-order valence-corrected chi connectivity index (χ2v) is 4.78. The zero-order chi connectivity index (χ0) is 14.4. The van der Waals surface area contributed by atoms with Gasteiger partial charge < -0.3 is 4.74 Å². The molecule has 0 fully saturated rings. The third kappa shape index (κ3) is 4.02. The van der Waals surface area contributed by atoms with Gasteiger partial charge in [-0.05, 0) is 41.8 Å². The van der Waals surface area contributed by atoms with Gasteiger partial charge in [0.1, 0.15) is 17.7 Å². The van der Waals surface area contributed by atoms with E-state index in [2.05, 4.69) is 0 Å². The lowest BCUT2D eigenvalue weighted by Crippen LogP contribution is -2.08. The first-order valence-electron chi connectivity index (χ1n) is 6.39. The van der Waals surface area contributed by atoms with Gasteiger partial charge in [-0.25, -0.2) is 8.78 Å². The van der Waals surface area contributed by atoms with E-state index in [9.17, 15) is 8.78 Å². The Labute approximate surface area is 122 Å². The van der Waals surface area contributed by atoms with Crippen LogP contribution in [-0.2, 0) is 4.74 Å². The van der Waals surface area contributed by atoms with Crippen LogP contribution in [0.5, 0.6) is 0 Å². The van der Waals surface area contributed by atoms with Gasteiger partial charge in [0, 0.05) is 12.5 Å². The molecule has 0 heterocycles. The predicted molar refractivity (Wildman–Crippen MR) is 75.9 cm³/mol. The summed E-state index contributed by atoms with van der Waals surface area (Å²) in [7, 11) is 0. The average molecular weight is 297 g/mol. The van der Waals surface area contributed by atoms with Gasteiger partial charge in [-0.3, -0.25) is 0 Å². The molecule has 1 atom stereocenters. The van der Waals surface area contributed by atoms with Gasteiger partial charge in [0.2, 0.25) is 0 Å². The summed E-state index contributed by atoms with van der Waals surface area (Å²) in [6, 6.07) is 12.2. The molecule has 0 aliphatic rings. The van der Waals surface area contributed by atoms with Crippen molar-refractivity contribution in [3.05, 3.63) is 71.3 Å². The number of ether oxygens (including phenoxy) is 1. The van der Waals surface area contributed by atoms with Crippen molar-refractivity contribution in [2.24, 2.45) is 0 Å². The SMILES string of the molecule is Fc1ccc(C(OCCCCl)c2cccc(F)c2)cc1. The number of halogens is 3. The Kier molecular flexibility index (Phi) is 5.50. The lowest BCUT2D eigenvalue weighted by molar-refractivity contribution is 0.0808. The van der Waals surface area contributed by atoms with E-state index >= 15 is 0 Å². The molecule has 0 spiro atoms. The van der Waals surface area contributed by atoms with Gasteiger partial charge in [0.15, 0.2) is 0 Å². The molecule has 2 rings (SSSR count). The molecule has 106 valence electrons. The molecule has 0 radical (unpaired) electrons. The normalized spacial score (nSPS) is 12.3. The van der Waals surface area contributed by atoms with Crippen LogP contribution in [0.25, 0.3) is 0 Å². The second kappa shape index (κ2) is 7.36. The highest BCUT2D eigenvalue weighted by Crippen LogP contribution is 2.27. The van der Waals surface area contributed by atoms with Crippen molar-refractivity contribution in [1.29, 1.82) is 0 Å². The highest BCUT2D eigenvalue weighted by molar-refractivity contribution is 6.17. The van der Waals surface area contributed by atoms with Crippen molar-refractivity contribution < 1.29 is 13.5 Å². The molecule has 0 aromatic heterocycles. The lowest BCUT2D eigenvalue weighted by atomic mass is 10.0. The highest BCUT2D eigenvalue weighted by atomic mass is 35.5. The molecular weight excluding hydrogens is 282 g/mol. The van der Waals surface area contributed by atoms with Crippen LogP contribution in [-0.4, -0.2) is 12.5 Å². The third-order valence-corrected chi connectivity index (χ3v) is 3.15. The quantitative estimate of drug-likeness (QED) is 0.554. The van der Waals surface area contributed by atoms with E-state index in [0.717, 1.165) is 5.56 Å². The number of rotatable bonds is 6. The monoisotopic (exact) mass is 296 g/mol. The molecule has 0 N–H and O–H groups in total. The van der Waals surface area contributed by atoms with E-state index in [-0.39, 0.29) is 11.6 Å². The van der Waals surface area contributed by atoms with Gasteiger partial charge in [0.05, 0.1) is 0 Å². The zero-order valence-electron chi connectivity index (χ0n) is 10.9. The van der Waals surface area contributed by atoms with Gasteiger partial charge >= 0.3 is 0 Å². The molecule has 0 bridgehead atoms. The van der Waals surface area contributed by atoms with Crippen LogP contribution in [0.2, 0.25) is 0 Å². The minimum Gasteiger partial charge on any atom is -0.369 e. The fourth-order valence-corrected chi connectivity index (χ4v) is 2.06. The summed E-state index contributed by atoms with van der Waals surface area (Å²) in [5, 5.41) is 0. The molecular formula is C16H15ClF2O. The van der Waals surface area contributed by atoms with Crippen LogP contribution in [0, 0.1) is 11.6 Å². The second-order valence-electron chi connectivity index (χ2n) is 4.40. The molecule has 20 heavy (non-hydrogen) atoms. The number of alkyl halides is 1. The number of benzene rings is 2. The van der Waals surface area contributed by atoms with Crippen molar-refractivity contribution in [2.45, 2.75) is 12.5 Å². The largest absolute Gasteiger partial charge is 0.369 e. The zero-order valence-corrected chi connectivity index (χ0v) is 11.6. The van der Waals surface area contributed by atoms with E-state index in [0.29, 0.717) is 24.5 Å². The van der Waals surface area contributed by atoms with Crippen molar-refractivity contribution in [3.63, 3.8) is 0 Å². The maximum absolute atomic E-state index is 13.4. The molecule has 0 saturated carbocycles. The first kappa shape index (κ1) is 14.9. The van der Waals surface area contributed by atoms with Crippen molar-refractivity contribution in [1.82, 2.24) is 0 Å². The topological polar surface area (TPSA) is 9.23 Å². The molecule has 0 aliphatic carbocycles. The van der Waals surface area contributed by atoms with Crippen LogP contribution in [0.15, 0.2) is 48.5 Å². The minimum atomic E-state index is -0.422. The Morgan fingerprint density at radius 1 is 0.950 bits per heavy atom. The van der Waals surface area contributed by atoms with Crippen molar-refractivity contribution >= 4 is 11.6 Å². The molecule has 2 aromatic carbocycles. The minimum absolute atomic E-state index is 0.312. The van der Waals surface area contributed by atoms with E-state index in [1.54, 1.807) is 24.3 Å². The Morgan fingerprint density at radius 2 is 1.70 bits per heavy atom. The van der Waals surface area contributed by atoms with E-state index in [1.807, 2.05) is 0 Å². The summed E-state index contributed by atoms with van der Waals surface area (Å²) in [5.41, 5.74) is 1.48. The maximum atomic E-state index is 13.4. The first-order valence-corrected chi connectivity index (χ1v) is 6.92. The first-order chi connectivity index (χ1) is 9.70. The van der Waals surface area contributed by atoms with E-state index in [4.69, 9.17) is 16.3 Å². The Morgan fingerprint density at radius 3 is 2.35 bits per heavy atom. The highest BCUT2D eigenvalue weighted by Gasteiger charge is 2.15. The molecule has 1 unspecified atom stereocenters. The molecule has 4 heteroatoms. The summed E-state index contributed by atoms with van der Waals surface area (Å²) in [5.74, 6) is -0.137. The Bertz CT molecular complexity index is 542. The fraction of sp³-hybridized carbons (Fsp3) is 0.250. The van der Waals surface area contributed by atoms with Gasteiger partial charge in [-0.15, -0.1) is 11.6 Å². The molecule has 0 aliphatic heterocycles. The summed E-state index contributed by atoms with van der Waals surface area (Å²) in [4.78, 5) is 0.